The molecule has 16 heavy (non-hydrogen) atoms. The summed E-state index contributed by atoms with van der Waals surface area (Å²) >= 11 is 1.32. The zero-order chi connectivity index (χ0) is 12.5. The Morgan fingerprint density at radius 2 is 1.94 bits per heavy atom. The Balaban J connectivity index is 3.41. The van der Waals surface area contributed by atoms with Crippen molar-refractivity contribution in [2.24, 2.45) is 0 Å². The average molecular weight is 353 g/mol. The molecule has 0 aliphatic rings. The Bertz CT molecular complexity index is 393. The van der Waals surface area contributed by atoms with Gasteiger partial charge in [-0.15, -0.1) is 0 Å². The van der Waals surface area contributed by atoms with Gasteiger partial charge >= 0.3 is 6.18 Å². The van der Waals surface area contributed by atoms with E-state index >= 15 is 0 Å². The largest absolute Gasteiger partial charge is 0.481 e. The Morgan fingerprint density at radius 1 is 1.38 bits per heavy atom. The first-order chi connectivity index (χ1) is 7.27. The van der Waals surface area contributed by atoms with E-state index in [-0.39, 0.29) is 3.57 Å². The van der Waals surface area contributed by atoms with Gasteiger partial charge in [-0.2, -0.15) is 13.2 Å². The second-order valence-electron chi connectivity index (χ2n) is 2.71. The van der Waals surface area contributed by atoms with Crippen LogP contribution in [0.3, 0.4) is 0 Å². The van der Waals surface area contributed by atoms with Crippen LogP contribution in [0.2, 0.25) is 0 Å². The smallest absolute Gasteiger partial charge is 0.422 e. The van der Waals surface area contributed by atoms with Gasteiger partial charge in [-0.05, 0) is 28.7 Å². The molecule has 0 aromatic carbocycles. The minimum atomic E-state index is -4.69. The maximum atomic E-state index is 12.5. The Morgan fingerprint density at radius 3 is 2.31 bits per heavy atom. The molecule has 0 radical (unpaired) electrons. The molecular formula is C8H5F5INO. The minimum Gasteiger partial charge on any atom is -0.481 e. The number of halogens is 6. The molecule has 0 amide bonds. The van der Waals surface area contributed by atoms with Crippen molar-refractivity contribution in [1.82, 2.24) is 4.98 Å². The van der Waals surface area contributed by atoms with E-state index in [9.17, 15) is 22.0 Å². The molecule has 2 nitrogen and oxygen atoms in total. The van der Waals surface area contributed by atoms with Crippen molar-refractivity contribution in [3.8, 4) is 5.88 Å². The number of hydrogen-bond acceptors (Lipinski definition) is 2. The first-order valence-corrected chi connectivity index (χ1v) is 4.95. The molecule has 1 aromatic heterocycles. The fraction of sp³-hybridized carbons (Fsp3) is 0.375. The van der Waals surface area contributed by atoms with Crippen LogP contribution >= 0.6 is 22.6 Å². The summed E-state index contributed by atoms with van der Waals surface area (Å²) in [4.78, 5) is 3.12. The summed E-state index contributed by atoms with van der Waals surface area (Å²) in [7, 11) is 0.947. The van der Waals surface area contributed by atoms with Crippen molar-refractivity contribution >= 4 is 22.6 Å². The van der Waals surface area contributed by atoms with E-state index in [2.05, 4.69) is 9.72 Å². The van der Waals surface area contributed by atoms with Crippen LogP contribution in [0.5, 0.6) is 5.88 Å². The van der Waals surface area contributed by atoms with Crippen molar-refractivity contribution in [3.63, 3.8) is 0 Å². The fourth-order valence-corrected chi connectivity index (χ4v) is 1.88. The van der Waals surface area contributed by atoms with Crippen molar-refractivity contribution < 1.29 is 26.7 Å². The number of aromatic nitrogens is 1. The molecule has 0 aliphatic carbocycles. The van der Waals surface area contributed by atoms with Gasteiger partial charge in [-0.3, -0.25) is 0 Å². The van der Waals surface area contributed by atoms with Crippen LogP contribution in [0.4, 0.5) is 22.0 Å². The molecule has 1 heterocycles. The second kappa shape index (κ2) is 4.68. The molecule has 0 saturated carbocycles. The van der Waals surface area contributed by atoms with Crippen molar-refractivity contribution in [2.45, 2.75) is 12.6 Å². The summed E-state index contributed by atoms with van der Waals surface area (Å²) in [5, 5.41) is 0. The van der Waals surface area contributed by atoms with E-state index in [1.54, 1.807) is 0 Å². The molecule has 0 bridgehead atoms. The molecule has 0 spiro atoms. The van der Waals surface area contributed by atoms with Crippen LogP contribution in [0.15, 0.2) is 6.07 Å². The number of alkyl halides is 5. The van der Waals surface area contributed by atoms with Crippen molar-refractivity contribution in [2.75, 3.05) is 7.11 Å². The number of ether oxygens (including phenoxy) is 1. The lowest BCUT2D eigenvalue weighted by Gasteiger charge is -2.14. The molecule has 0 aliphatic heterocycles. The van der Waals surface area contributed by atoms with Crippen LogP contribution in [0.1, 0.15) is 17.7 Å². The lowest BCUT2D eigenvalue weighted by atomic mass is 10.2. The Kier molecular flexibility index (Phi) is 3.92. The maximum absolute atomic E-state index is 12.5. The van der Waals surface area contributed by atoms with Crippen LogP contribution in [-0.4, -0.2) is 12.1 Å². The summed E-state index contributed by atoms with van der Waals surface area (Å²) in [6, 6.07) is 0.691. The standard InChI is InChI=1S/C8H5F5INO/c1-16-7-5(8(11,12)13)3(14)2-4(15-7)6(9)10/h2,6H,1H3. The van der Waals surface area contributed by atoms with Gasteiger partial charge in [0.05, 0.1) is 7.11 Å². The molecule has 0 unspecified atom stereocenters. The van der Waals surface area contributed by atoms with Gasteiger partial charge in [0.15, 0.2) is 0 Å². The van der Waals surface area contributed by atoms with Gasteiger partial charge in [0.1, 0.15) is 11.3 Å². The van der Waals surface area contributed by atoms with E-state index in [0.29, 0.717) is 6.07 Å². The van der Waals surface area contributed by atoms with E-state index in [4.69, 9.17) is 0 Å². The first kappa shape index (κ1) is 13.4. The van der Waals surface area contributed by atoms with Gasteiger partial charge in [0, 0.05) is 3.57 Å². The van der Waals surface area contributed by atoms with Crippen LogP contribution < -0.4 is 4.74 Å². The highest BCUT2D eigenvalue weighted by Gasteiger charge is 2.38. The van der Waals surface area contributed by atoms with Crippen molar-refractivity contribution in [1.29, 1.82) is 0 Å². The molecule has 90 valence electrons. The van der Waals surface area contributed by atoms with Gasteiger partial charge in [0.2, 0.25) is 5.88 Å². The molecule has 1 aromatic rings. The lowest BCUT2D eigenvalue weighted by molar-refractivity contribution is -0.139. The van der Waals surface area contributed by atoms with Gasteiger partial charge < -0.3 is 4.74 Å². The summed E-state index contributed by atoms with van der Waals surface area (Å²) in [5.74, 6) is -0.838. The number of hydrogen-bond donors (Lipinski definition) is 0. The summed E-state index contributed by atoms with van der Waals surface area (Å²) in [6.45, 7) is 0. The monoisotopic (exact) mass is 353 g/mol. The Labute approximate surface area is 101 Å². The molecule has 0 atom stereocenters. The molecule has 1 rings (SSSR count). The third kappa shape index (κ3) is 2.71. The van der Waals surface area contributed by atoms with Crippen molar-refractivity contribution in [3.05, 3.63) is 20.9 Å². The van der Waals surface area contributed by atoms with Crippen LogP contribution in [-0.2, 0) is 6.18 Å². The van der Waals surface area contributed by atoms with Gasteiger partial charge in [-0.25, -0.2) is 13.8 Å². The predicted octanol–water partition coefficient (Wildman–Crippen LogP) is 3.65. The maximum Gasteiger partial charge on any atom is 0.422 e. The zero-order valence-corrected chi connectivity index (χ0v) is 9.94. The summed E-state index contributed by atoms with van der Waals surface area (Å²) in [5.41, 5.74) is -1.88. The molecule has 0 fully saturated rings. The first-order valence-electron chi connectivity index (χ1n) is 3.87. The molecular weight excluding hydrogens is 348 g/mol. The zero-order valence-electron chi connectivity index (χ0n) is 7.78. The number of methoxy groups -OCH3 is 1. The quantitative estimate of drug-likeness (QED) is 0.598. The fourth-order valence-electron chi connectivity index (χ4n) is 1.03. The SMILES string of the molecule is COc1nc(C(F)F)cc(I)c1C(F)(F)F. The third-order valence-electron chi connectivity index (χ3n) is 1.66. The average Bonchev–Trinajstić information content (AvgIpc) is 2.14. The van der Waals surface area contributed by atoms with Crippen LogP contribution in [0, 0.1) is 3.57 Å². The van der Waals surface area contributed by atoms with E-state index < -0.39 is 29.7 Å². The highest BCUT2D eigenvalue weighted by atomic mass is 127. The lowest BCUT2D eigenvalue weighted by Crippen LogP contribution is -2.12. The predicted molar refractivity (Wildman–Crippen MR) is 53.5 cm³/mol. The number of rotatable bonds is 2. The van der Waals surface area contributed by atoms with E-state index in [1.165, 1.54) is 22.6 Å². The molecule has 0 N–H and O–H groups in total. The molecule has 0 saturated heterocycles. The highest BCUT2D eigenvalue weighted by molar-refractivity contribution is 14.1. The number of pyridine rings is 1. The third-order valence-corrected chi connectivity index (χ3v) is 2.51. The van der Waals surface area contributed by atoms with Gasteiger partial charge in [-0.1, -0.05) is 0 Å². The van der Waals surface area contributed by atoms with Crippen LogP contribution in [0.25, 0.3) is 0 Å². The van der Waals surface area contributed by atoms with E-state index in [1.807, 2.05) is 0 Å². The summed E-state index contributed by atoms with van der Waals surface area (Å²) in [6.07, 6.45) is -7.63. The van der Waals surface area contributed by atoms with Gasteiger partial charge in [0.25, 0.3) is 6.43 Å². The topological polar surface area (TPSA) is 22.1 Å². The highest BCUT2D eigenvalue weighted by Crippen LogP contribution is 2.39. The molecule has 8 heteroatoms. The van der Waals surface area contributed by atoms with E-state index in [0.717, 1.165) is 7.11 Å². The Hall–Kier alpha value is -0.670. The normalized spacial score (nSPS) is 12.0. The summed E-state index contributed by atoms with van der Waals surface area (Å²) < 4.78 is 66.1. The number of nitrogens with zero attached hydrogens (tertiary/aromatic N) is 1. The minimum absolute atomic E-state index is 0.368. The second-order valence-corrected chi connectivity index (χ2v) is 3.87.